The molecule has 0 unspecified atom stereocenters. The van der Waals surface area contributed by atoms with Crippen molar-refractivity contribution in [2.75, 3.05) is 0 Å². The zero-order chi connectivity index (χ0) is 8.55. The van der Waals surface area contributed by atoms with Gasteiger partial charge >= 0.3 is 0 Å². The monoisotopic (exact) mass is 268 g/mol. The average Bonchev–Trinajstić information content (AvgIpc) is 2.04. The van der Waals surface area contributed by atoms with E-state index in [-0.39, 0.29) is 0 Å². The molecule has 0 fully saturated rings. The van der Waals surface area contributed by atoms with E-state index in [1.165, 1.54) is 19.9 Å². The van der Waals surface area contributed by atoms with Gasteiger partial charge in [0.25, 0.3) is 0 Å². The van der Waals surface area contributed by atoms with Crippen molar-refractivity contribution in [2.45, 2.75) is 6.92 Å². The van der Waals surface area contributed by atoms with Gasteiger partial charge < -0.3 is 0 Å². The van der Waals surface area contributed by atoms with Gasteiger partial charge in [0.1, 0.15) is 0 Å². The van der Waals surface area contributed by atoms with Gasteiger partial charge in [0.2, 0.25) is 0 Å². The first-order chi connectivity index (χ1) is 5.77. The molecule has 1 heteroatoms. The third kappa shape index (κ3) is 1.33. The second-order valence-corrected chi connectivity index (χ2v) is 4.13. The van der Waals surface area contributed by atoms with E-state index in [2.05, 4.69) is 65.9 Å². The van der Waals surface area contributed by atoms with Gasteiger partial charge in [0.05, 0.1) is 0 Å². The molecule has 0 aliphatic carbocycles. The molecule has 60 valence electrons. The molecule has 0 amide bonds. The van der Waals surface area contributed by atoms with Crippen LogP contribution >= 0.6 is 22.6 Å². The predicted molar refractivity (Wildman–Crippen MR) is 61.4 cm³/mol. The number of rotatable bonds is 0. The van der Waals surface area contributed by atoms with Crippen LogP contribution in [0.1, 0.15) is 5.56 Å². The first-order valence-corrected chi connectivity index (χ1v) is 5.00. The summed E-state index contributed by atoms with van der Waals surface area (Å²) in [5, 5.41) is 2.69. The summed E-state index contributed by atoms with van der Waals surface area (Å²) in [7, 11) is 0. The molecule has 0 aliphatic heterocycles. The molecule has 0 heterocycles. The molecular formula is C11H9I. The minimum absolute atomic E-state index is 1.32. The third-order valence-corrected chi connectivity index (χ3v) is 2.92. The van der Waals surface area contributed by atoms with Gasteiger partial charge in [-0.2, -0.15) is 0 Å². The van der Waals surface area contributed by atoms with Gasteiger partial charge in [-0.3, -0.25) is 0 Å². The SMILES string of the molecule is Cc1ccc2c(I)cccc2c1. The first kappa shape index (κ1) is 8.05. The molecule has 0 N–H and O–H groups in total. The molecule has 0 atom stereocenters. The molecule has 0 nitrogen and oxygen atoms in total. The summed E-state index contributed by atoms with van der Waals surface area (Å²) in [5.41, 5.74) is 1.32. The maximum atomic E-state index is 2.37. The topological polar surface area (TPSA) is 0 Å². The Kier molecular flexibility index (Phi) is 2.05. The lowest BCUT2D eigenvalue weighted by atomic mass is 10.1. The summed E-state index contributed by atoms with van der Waals surface area (Å²) in [4.78, 5) is 0. The Labute approximate surface area is 85.7 Å². The molecule has 0 radical (unpaired) electrons. The smallest absolute Gasteiger partial charge is 0.0208 e. The van der Waals surface area contributed by atoms with Crippen LogP contribution in [0.25, 0.3) is 10.8 Å². The van der Waals surface area contributed by atoms with Gasteiger partial charge in [-0.25, -0.2) is 0 Å². The van der Waals surface area contributed by atoms with Gasteiger partial charge in [-0.05, 0) is 46.4 Å². The fourth-order valence-electron chi connectivity index (χ4n) is 1.36. The highest BCUT2D eigenvalue weighted by atomic mass is 127. The molecule has 0 aliphatic rings. The highest BCUT2D eigenvalue weighted by molar-refractivity contribution is 14.1. The van der Waals surface area contributed by atoms with Crippen molar-refractivity contribution < 1.29 is 0 Å². The lowest BCUT2D eigenvalue weighted by Crippen LogP contribution is -1.78. The van der Waals surface area contributed by atoms with Crippen LogP contribution in [0.2, 0.25) is 0 Å². The van der Waals surface area contributed by atoms with Gasteiger partial charge in [-0.1, -0.05) is 35.9 Å². The van der Waals surface area contributed by atoms with E-state index >= 15 is 0 Å². The number of aryl methyl sites for hydroxylation is 1. The molecule has 0 bridgehead atoms. The Morgan fingerprint density at radius 1 is 1.08 bits per heavy atom. The van der Waals surface area contributed by atoms with E-state index in [9.17, 15) is 0 Å². The molecule has 12 heavy (non-hydrogen) atoms. The van der Waals surface area contributed by atoms with Gasteiger partial charge in [-0.15, -0.1) is 0 Å². The summed E-state index contributed by atoms with van der Waals surface area (Å²) in [6.07, 6.45) is 0. The molecule has 0 saturated heterocycles. The van der Waals surface area contributed by atoms with E-state index in [0.717, 1.165) is 0 Å². The van der Waals surface area contributed by atoms with Crippen molar-refractivity contribution in [2.24, 2.45) is 0 Å². The molecular weight excluding hydrogens is 259 g/mol. The van der Waals surface area contributed by atoms with Crippen molar-refractivity contribution in [3.63, 3.8) is 0 Å². The van der Waals surface area contributed by atoms with Crippen LogP contribution in [0.5, 0.6) is 0 Å². The van der Waals surface area contributed by atoms with Crippen LogP contribution in [0.3, 0.4) is 0 Å². The Balaban J connectivity index is 2.86. The zero-order valence-electron chi connectivity index (χ0n) is 6.84. The number of fused-ring (bicyclic) bond motifs is 1. The lowest BCUT2D eigenvalue weighted by molar-refractivity contribution is 1.50. The van der Waals surface area contributed by atoms with Crippen LogP contribution < -0.4 is 0 Å². The maximum absolute atomic E-state index is 2.37. The minimum atomic E-state index is 1.32. The minimum Gasteiger partial charge on any atom is -0.0606 e. The molecule has 2 rings (SSSR count). The number of hydrogen-bond donors (Lipinski definition) is 0. The van der Waals surface area contributed by atoms with Gasteiger partial charge in [0, 0.05) is 3.57 Å². The van der Waals surface area contributed by atoms with Crippen molar-refractivity contribution in [1.82, 2.24) is 0 Å². The average molecular weight is 268 g/mol. The second kappa shape index (κ2) is 3.05. The van der Waals surface area contributed by atoms with Crippen molar-refractivity contribution in [1.29, 1.82) is 0 Å². The quantitative estimate of drug-likeness (QED) is 0.638. The van der Waals surface area contributed by atoms with Crippen molar-refractivity contribution in [3.05, 3.63) is 45.5 Å². The van der Waals surface area contributed by atoms with E-state index in [1.807, 2.05) is 0 Å². The highest BCUT2D eigenvalue weighted by Gasteiger charge is 1.96. The fourth-order valence-corrected chi connectivity index (χ4v) is 2.06. The number of hydrogen-bond acceptors (Lipinski definition) is 0. The Morgan fingerprint density at radius 3 is 2.75 bits per heavy atom. The normalized spacial score (nSPS) is 10.5. The summed E-state index contributed by atoms with van der Waals surface area (Å²) < 4.78 is 1.32. The summed E-state index contributed by atoms with van der Waals surface area (Å²) >= 11 is 2.37. The van der Waals surface area contributed by atoms with Crippen LogP contribution in [-0.2, 0) is 0 Å². The molecule has 2 aromatic rings. The standard InChI is InChI=1S/C11H9I/c1-8-5-6-10-9(7-8)3-2-4-11(10)12/h2-7H,1H3. The summed E-state index contributed by atoms with van der Waals surface area (Å²) in [6.45, 7) is 2.12. The predicted octanol–water partition coefficient (Wildman–Crippen LogP) is 3.75. The van der Waals surface area contributed by atoms with Gasteiger partial charge in [0.15, 0.2) is 0 Å². The second-order valence-electron chi connectivity index (χ2n) is 2.96. The third-order valence-electron chi connectivity index (χ3n) is 1.98. The largest absolute Gasteiger partial charge is 0.0606 e. The highest BCUT2D eigenvalue weighted by Crippen LogP contribution is 2.21. The van der Waals surface area contributed by atoms with Crippen LogP contribution in [0.15, 0.2) is 36.4 Å². The Hall–Kier alpha value is -0.570. The fraction of sp³-hybridized carbons (Fsp3) is 0.0909. The van der Waals surface area contributed by atoms with E-state index in [4.69, 9.17) is 0 Å². The van der Waals surface area contributed by atoms with E-state index in [0.29, 0.717) is 0 Å². The van der Waals surface area contributed by atoms with Crippen molar-refractivity contribution in [3.8, 4) is 0 Å². The molecule has 2 aromatic carbocycles. The molecule has 0 saturated carbocycles. The van der Waals surface area contributed by atoms with Crippen LogP contribution in [0, 0.1) is 10.5 Å². The zero-order valence-corrected chi connectivity index (χ0v) is 9.00. The number of halogens is 1. The van der Waals surface area contributed by atoms with Crippen LogP contribution in [-0.4, -0.2) is 0 Å². The van der Waals surface area contributed by atoms with E-state index < -0.39 is 0 Å². The summed E-state index contributed by atoms with van der Waals surface area (Å²) in [6, 6.07) is 13.0. The maximum Gasteiger partial charge on any atom is 0.0208 e. The van der Waals surface area contributed by atoms with Crippen LogP contribution in [0.4, 0.5) is 0 Å². The Morgan fingerprint density at radius 2 is 1.92 bits per heavy atom. The molecule has 0 aromatic heterocycles. The number of benzene rings is 2. The van der Waals surface area contributed by atoms with Crippen molar-refractivity contribution >= 4 is 33.4 Å². The first-order valence-electron chi connectivity index (χ1n) is 3.92. The molecule has 0 spiro atoms. The van der Waals surface area contributed by atoms with E-state index in [1.54, 1.807) is 0 Å². The summed E-state index contributed by atoms with van der Waals surface area (Å²) in [5.74, 6) is 0. The Bertz CT molecular complexity index is 418. The lowest BCUT2D eigenvalue weighted by Gasteiger charge is -2.00.